The molecule has 2 nitrogen and oxygen atoms in total. The number of hydrogen-bond donors (Lipinski definition) is 2. The average molecular weight is 153 g/mol. The minimum absolute atomic E-state index is 0.401. The van der Waals surface area contributed by atoms with Crippen LogP contribution in [0.5, 0.6) is 0 Å². The monoisotopic (exact) mass is 153 g/mol. The van der Waals surface area contributed by atoms with Gasteiger partial charge >= 0.3 is 0 Å². The summed E-state index contributed by atoms with van der Waals surface area (Å²) in [4.78, 5) is 0. The molecular weight excluding hydrogens is 138 g/mol. The van der Waals surface area contributed by atoms with Gasteiger partial charge in [-0.25, -0.2) is 0 Å². The van der Waals surface area contributed by atoms with Crippen molar-refractivity contribution in [2.75, 3.05) is 6.54 Å². The second-order valence-electron chi connectivity index (χ2n) is 2.85. The maximum atomic E-state index is 8.93. The van der Waals surface area contributed by atoms with Gasteiger partial charge in [0.25, 0.3) is 0 Å². The molecule has 0 aliphatic heterocycles. The maximum absolute atomic E-state index is 8.93. The smallest absolute Gasteiger partial charge is 0.102 e. The molecule has 11 heavy (non-hydrogen) atoms. The first-order valence-electron chi connectivity index (χ1n) is 4.05. The van der Waals surface area contributed by atoms with Crippen molar-refractivity contribution >= 4 is 0 Å². The van der Waals surface area contributed by atoms with E-state index >= 15 is 0 Å². The Morgan fingerprint density at radius 1 is 1.73 bits per heavy atom. The third-order valence-corrected chi connectivity index (χ3v) is 1.72. The second kappa shape index (κ2) is 4.31. The van der Waals surface area contributed by atoms with E-state index in [4.69, 9.17) is 5.11 Å². The minimum Gasteiger partial charge on any atom is -0.379 e. The number of nitrogens with one attached hydrogen (secondary N) is 1. The van der Waals surface area contributed by atoms with Crippen molar-refractivity contribution in [3.8, 4) is 0 Å². The lowest BCUT2D eigenvalue weighted by atomic mass is 10.1. The van der Waals surface area contributed by atoms with Crippen LogP contribution >= 0.6 is 0 Å². The van der Waals surface area contributed by atoms with Crippen molar-refractivity contribution in [1.29, 1.82) is 0 Å². The molecule has 0 amide bonds. The van der Waals surface area contributed by atoms with Gasteiger partial charge in [0.15, 0.2) is 0 Å². The standard InChI is InChI=1S/C9H15NO/c1-8(11)10-7-9-5-3-2-4-6-9/h2-3,5,8,10-11H,4,6-7H2,1H3/t8-/m0/s1. The number of allylic oxidation sites excluding steroid dienone is 3. The molecule has 0 bridgehead atoms. The summed E-state index contributed by atoms with van der Waals surface area (Å²) in [5.74, 6) is 0. The Hall–Kier alpha value is -0.600. The van der Waals surface area contributed by atoms with E-state index in [0.29, 0.717) is 0 Å². The van der Waals surface area contributed by atoms with Crippen LogP contribution in [0.4, 0.5) is 0 Å². The molecule has 1 atom stereocenters. The second-order valence-corrected chi connectivity index (χ2v) is 2.85. The molecule has 0 saturated carbocycles. The van der Waals surface area contributed by atoms with Crippen LogP contribution in [-0.2, 0) is 0 Å². The fraction of sp³-hybridized carbons (Fsp3) is 0.556. The summed E-state index contributed by atoms with van der Waals surface area (Å²) in [5.41, 5.74) is 1.37. The predicted octanol–water partition coefficient (Wildman–Crippen LogP) is 1.19. The summed E-state index contributed by atoms with van der Waals surface area (Å²) in [6.45, 7) is 2.54. The first-order valence-corrected chi connectivity index (χ1v) is 4.05. The van der Waals surface area contributed by atoms with Crippen LogP contribution in [0.15, 0.2) is 23.8 Å². The molecule has 0 radical (unpaired) electrons. The highest BCUT2D eigenvalue weighted by molar-refractivity contribution is 5.18. The third-order valence-electron chi connectivity index (χ3n) is 1.72. The molecule has 2 N–H and O–H groups in total. The molecule has 1 rings (SSSR count). The van der Waals surface area contributed by atoms with Gasteiger partial charge in [-0.3, -0.25) is 5.32 Å². The van der Waals surface area contributed by atoms with E-state index in [2.05, 4.69) is 23.5 Å². The lowest BCUT2D eigenvalue weighted by Gasteiger charge is -2.11. The fourth-order valence-electron chi connectivity index (χ4n) is 1.08. The van der Waals surface area contributed by atoms with Crippen LogP contribution in [0.25, 0.3) is 0 Å². The molecule has 0 heterocycles. The molecule has 1 aliphatic rings. The van der Waals surface area contributed by atoms with Crippen LogP contribution in [0.3, 0.4) is 0 Å². The van der Waals surface area contributed by atoms with Gasteiger partial charge in [-0.1, -0.05) is 23.8 Å². The molecule has 0 fully saturated rings. The molecule has 1 aliphatic carbocycles. The highest BCUT2D eigenvalue weighted by Gasteiger charge is 2.00. The molecule has 62 valence electrons. The summed E-state index contributed by atoms with van der Waals surface area (Å²) in [6, 6.07) is 0. The van der Waals surface area contributed by atoms with Crippen LogP contribution in [0.2, 0.25) is 0 Å². The van der Waals surface area contributed by atoms with E-state index in [9.17, 15) is 0 Å². The van der Waals surface area contributed by atoms with Gasteiger partial charge in [0.05, 0.1) is 0 Å². The van der Waals surface area contributed by atoms with Crippen molar-refractivity contribution in [3.63, 3.8) is 0 Å². The largest absolute Gasteiger partial charge is 0.379 e. The van der Waals surface area contributed by atoms with Crippen molar-refractivity contribution in [1.82, 2.24) is 5.32 Å². The van der Waals surface area contributed by atoms with Gasteiger partial charge in [-0.15, -0.1) is 0 Å². The number of aliphatic hydroxyl groups is 1. The highest BCUT2D eigenvalue weighted by Crippen LogP contribution is 2.10. The Balaban J connectivity index is 2.25. The SMILES string of the molecule is C[C@H](O)NCC1=CC=CCC1. The van der Waals surface area contributed by atoms with Gasteiger partial charge < -0.3 is 5.11 Å². The van der Waals surface area contributed by atoms with Crippen molar-refractivity contribution < 1.29 is 5.11 Å². The van der Waals surface area contributed by atoms with E-state index in [1.165, 1.54) is 5.57 Å². The van der Waals surface area contributed by atoms with E-state index < -0.39 is 6.23 Å². The zero-order valence-corrected chi connectivity index (χ0v) is 6.88. The summed E-state index contributed by atoms with van der Waals surface area (Å²) in [7, 11) is 0. The lowest BCUT2D eigenvalue weighted by molar-refractivity contribution is 0.160. The summed E-state index contributed by atoms with van der Waals surface area (Å²) >= 11 is 0. The predicted molar refractivity (Wildman–Crippen MR) is 46.1 cm³/mol. The Kier molecular flexibility index (Phi) is 3.33. The lowest BCUT2D eigenvalue weighted by Crippen LogP contribution is -2.27. The summed E-state index contributed by atoms with van der Waals surface area (Å²) in [6.07, 6.45) is 8.19. The number of rotatable bonds is 3. The van der Waals surface area contributed by atoms with Crippen LogP contribution < -0.4 is 5.32 Å². The molecule has 0 aromatic rings. The van der Waals surface area contributed by atoms with E-state index in [0.717, 1.165) is 19.4 Å². The molecule has 0 aromatic heterocycles. The molecule has 0 spiro atoms. The normalized spacial score (nSPS) is 19.6. The third kappa shape index (κ3) is 3.35. The highest BCUT2D eigenvalue weighted by atomic mass is 16.3. The Morgan fingerprint density at radius 3 is 3.09 bits per heavy atom. The van der Waals surface area contributed by atoms with Crippen molar-refractivity contribution in [2.45, 2.75) is 26.0 Å². The quantitative estimate of drug-likeness (QED) is 0.597. The van der Waals surface area contributed by atoms with Crippen LogP contribution in [0.1, 0.15) is 19.8 Å². The molecule has 0 unspecified atom stereocenters. The van der Waals surface area contributed by atoms with Gasteiger partial charge in [0.2, 0.25) is 0 Å². The maximum Gasteiger partial charge on any atom is 0.102 e. The molecule has 0 saturated heterocycles. The van der Waals surface area contributed by atoms with E-state index in [1.807, 2.05) is 0 Å². The Morgan fingerprint density at radius 2 is 2.55 bits per heavy atom. The topological polar surface area (TPSA) is 32.3 Å². The van der Waals surface area contributed by atoms with Crippen molar-refractivity contribution in [2.24, 2.45) is 0 Å². The van der Waals surface area contributed by atoms with Crippen LogP contribution in [0, 0.1) is 0 Å². The minimum atomic E-state index is -0.401. The van der Waals surface area contributed by atoms with E-state index in [-0.39, 0.29) is 0 Å². The number of hydrogen-bond acceptors (Lipinski definition) is 2. The van der Waals surface area contributed by atoms with E-state index in [1.54, 1.807) is 6.92 Å². The van der Waals surface area contributed by atoms with Gasteiger partial charge in [-0.2, -0.15) is 0 Å². The van der Waals surface area contributed by atoms with Crippen molar-refractivity contribution in [3.05, 3.63) is 23.8 Å². The number of aliphatic hydroxyl groups excluding tert-OH is 1. The summed E-state index contributed by atoms with van der Waals surface area (Å²) in [5, 5.41) is 11.9. The Bertz CT molecular complexity index is 170. The summed E-state index contributed by atoms with van der Waals surface area (Å²) < 4.78 is 0. The molecule has 2 heteroatoms. The van der Waals surface area contributed by atoms with Crippen LogP contribution in [-0.4, -0.2) is 17.9 Å². The zero-order chi connectivity index (χ0) is 8.10. The van der Waals surface area contributed by atoms with Gasteiger partial charge in [0, 0.05) is 6.54 Å². The Labute approximate surface area is 67.6 Å². The first-order chi connectivity index (χ1) is 5.29. The average Bonchev–Trinajstić information content (AvgIpc) is 2.03. The van der Waals surface area contributed by atoms with Gasteiger partial charge in [0.1, 0.15) is 6.23 Å². The first kappa shape index (κ1) is 8.50. The van der Waals surface area contributed by atoms with Gasteiger partial charge in [-0.05, 0) is 19.8 Å². The fourth-order valence-corrected chi connectivity index (χ4v) is 1.08. The molecule has 0 aromatic carbocycles. The molecular formula is C9H15NO. The zero-order valence-electron chi connectivity index (χ0n) is 6.88.